The Balaban J connectivity index is 1.55. The van der Waals surface area contributed by atoms with E-state index < -0.39 is 18.5 Å². The first-order chi connectivity index (χ1) is 15.9. The lowest BCUT2D eigenvalue weighted by molar-refractivity contribution is -0.134. The summed E-state index contributed by atoms with van der Waals surface area (Å²) in [5.74, 6) is -0.867. The molecule has 0 saturated carbocycles. The lowest BCUT2D eigenvalue weighted by atomic mass is 10.1. The normalized spacial score (nSPS) is 10.5. The van der Waals surface area contributed by atoms with E-state index in [1.807, 2.05) is 36.4 Å². The van der Waals surface area contributed by atoms with Gasteiger partial charge in [0, 0.05) is 10.7 Å². The number of anilines is 3. The highest BCUT2D eigenvalue weighted by atomic mass is 35.5. The van der Waals surface area contributed by atoms with Gasteiger partial charge in [-0.25, -0.2) is 4.79 Å². The van der Waals surface area contributed by atoms with Gasteiger partial charge in [0.15, 0.2) is 0 Å². The Morgan fingerprint density at radius 3 is 2.36 bits per heavy atom. The largest absolute Gasteiger partial charge is 0.480 e. The Kier molecular flexibility index (Phi) is 6.46. The maximum Gasteiger partial charge on any atom is 0.328 e. The number of benzene rings is 3. The maximum absolute atomic E-state index is 12.3. The summed E-state index contributed by atoms with van der Waals surface area (Å²) in [6, 6.07) is 18.9. The summed E-state index contributed by atoms with van der Waals surface area (Å²) in [5.41, 5.74) is 0.503. The summed E-state index contributed by atoms with van der Waals surface area (Å²) < 4.78 is 5.75. The highest BCUT2D eigenvalue weighted by molar-refractivity contribution is 6.30. The Labute approximate surface area is 192 Å². The van der Waals surface area contributed by atoms with Gasteiger partial charge in [0.25, 0.3) is 0 Å². The highest BCUT2D eigenvalue weighted by Crippen LogP contribution is 2.25. The third-order valence-corrected chi connectivity index (χ3v) is 4.52. The second kappa shape index (κ2) is 9.79. The number of halogens is 1. The summed E-state index contributed by atoms with van der Waals surface area (Å²) in [4.78, 5) is 35.5. The van der Waals surface area contributed by atoms with E-state index >= 15 is 0 Å². The molecule has 33 heavy (non-hydrogen) atoms. The Morgan fingerprint density at radius 1 is 0.879 bits per heavy atom. The first-order valence-corrected chi connectivity index (χ1v) is 10.0. The van der Waals surface area contributed by atoms with Crippen LogP contribution in [0.2, 0.25) is 5.02 Å². The number of nitrogens with one attached hydrogen (secondary N) is 3. The minimum atomic E-state index is -1.11. The van der Waals surface area contributed by atoms with Crippen LogP contribution in [0.5, 0.6) is 11.8 Å². The molecule has 0 aliphatic heterocycles. The van der Waals surface area contributed by atoms with Gasteiger partial charge < -0.3 is 20.5 Å². The Bertz CT molecular complexity index is 1320. The molecule has 0 aliphatic rings. The Morgan fingerprint density at radius 2 is 1.61 bits per heavy atom. The number of carboxylic acids is 1. The zero-order valence-corrected chi connectivity index (χ0v) is 17.7. The van der Waals surface area contributed by atoms with Crippen molar-refractivity contribution in [2.45, 2.75) is 0 Å². The van der Waals surface area contributed by atoms with E-state index in [-0.39, 0.29) is 17.9 Å². The van der Waals surface area contributed by atoms with Gasteiger partial charge >= 0.3 is 18.0 Å². The monoisotopic (exact) mass is 464 g/mol. The SMILES string of the molecule is O=C(O)CNc1nc(NC(=O)Nc2ccc(Cl)cc2)nc(Oc2ccc3ccccc3c2)n1. The Hall–Kier alpha value is -4.44. The van der Waals surface area contributed by atoms with Crippen LogP contribution in [-0.4, -0.2) is 38.6 Å². The number of carbonyl (C=O) groups excluding carboxylic acids is 1. The second-order valence-electron chi connectivity index (χ2n) is 6.71. The van der Waals surface area contributed by atoms with Gasteiger partial charge in [-0.15, -0.1) is 0 Å². The maximum atomic E-state index is 12.3. The molecule has 11 heteroatoms. The number of fused-ring (bicyclic) bond motifs is 1. The third-order valence-electron chi connectivity index (χ3n) is 4.27. The predicted octanol–water partition coefficient (Wildman–Crippen LogP) is 4.61. The number of hydrogen-bond acceptors (Lipinski definition) is 7. The van der Waals surface area contributed by atoms with Crippen LogP contribution in [0.4, 0.5) is 22.4 Å². The number of nitrogens with zero attached hydrogens (tertiary/aromatic N) is 3. The molecule has 2 amide bonds. The lowest BCUT2D eigenvalue weighted by Gasteiger charge is -2.10. The van der Waals surface area contributed by atoms with E-state index in [1.165, 1.54) is 0 Å². The number of carboxylic acid groups (broad SMARTS) is 1. The van der Waals surface area contributed by atoms with Gasteiger partial charge in [0.2, 0.25) is 11.9 Å². The number of aliphatic carboxylic acids is 1. The van der Waals surface area contributed by atoms with Gasteiger partial charge in [0.05, 0.1) is 0 Å². The van der Waals surface area contributed by atoms with E-state index in [0.717, 1.165) is 10.8 Å². The number of carbonyl (C=O) groups is 2. The molecular weight excluding hydrogens is 448 g/mol. The zero-order chi connectivity index (χ0) is 23.2. The first-order valence-electron chi connectivity index (χ1n) is 9.66. The summed E-state index contributed by atoms with van der Waals surface area (Å²) >= 11 is 5.85. The fraction of sp³-hybridized carbons (Fsp3) is 0.0455. The molecular formula is C22H17ClN6O4. The molecule has 0 aliphatic carbocycles. The van der Waals surface area contributed by atoms with Crippen molar-refractivity contribution in [3.63, 3.8) is 0 Å². The number of amides is 2. The van der Waals surface area contributed by atoms with Gasteiger partial charge in [-0.1, -0.05) is 41.9 Å². The van der Waals surface area contributed by atoms with Gasteiger partial charge in [-0.3, -0.25) is 10.1 Å². The van der Waals surface area contributed by atoms with E-state index in [2.05, 4.69) is 30.9 Å². The summed E-state index contributed by atoms with van der Waals surface area (Å²) in [5, 5.41) is 19.1. The van der Waals surface area contributed by atoms with Crippen molar-refractivity contribution in [3.05, 3.63) is 71.8 Å². The number of rotatable bonds is 7. The predicted molar refractivity (Wildman–Crippen MR) is 124 cm³/mol. The number of urea groups is 1. The average molecular weight is 465 g/mol. The second-order valence-corrected chi connectivity index (χ2v) is 7.15. The molecule has 4 rings (SSSR count). The fourth-order valence-electron chi connectivity index (χ4n) is 2.83. The molecule has 1 heterocycles. The van der Waals surface area contributed by atoms with Crippen molar-refractivity contribution in [1.29, 1.82) is 0 Å². The van der Waals surface area contributed by atoms with Crippen LogP contribution in [0.15, 0.2) is 66.7 Å². The van der Waals surface area contributed by atoms with Crippen LogP contribution >= 0.6 is 11.6 Å². The first kappa shape index (κ1) is 21.8. The topological polar surface area (TPSA) is 138 Å². The van der Waals surface area contributed by atoms with E-state index in [9.17, 15) is 9.59 Å². The summed E-state index contributed by atoms with van der Waals surface area (Å²) in [6.45, 7) is -0.435. The lowest BCUT2D eigenvalue weighted by Crippen LogP contribution is -2.22. The van der Waals surface area contributed by atoms with Gasteiger partial charge in [0.1, 0.15) is 12.3 Å². The van der Waals surface area contributed by atoms with Gasteiger partial charge in [-0.2, -0.15) is 15.0 Å². The van der Waals surface area contributed by atoms with Crippen LogP contribution in [0.1, 0.15) is 0 Å². The number of aromatic nitrogens is 3. The third kappa shape index (κ3) is 6.05. The number of ether oxygens (including phenoxy) is 1. The van der Waals surface area contributed by atoms with Crippen LogP contribution in [0.25, 0.3) is 10.8 Å². The minimum absolute atomic E-state index is 0.0787. The highest BCUT2D eigenvalue weighted by Gasteiger charge is 2.13. The van der Waals surface area contributed by atoms with Crippen LogP contribution in [-0.2, 0) is 4.79 Å². The molecule has 4 N–H and O–H groups in total. The van der Waals surface area contributed by atoms with Crippen molar-refractivity contribution < 1.29 is 19.4 Å². The molecule has 3 aromatic carbocycles. The standard InChI is InChI=1S/C22H17ClN6O4/c23-15-6-8-16(9-7-15)25-21(32)27-20-26-19(24-12-18(30)31)28-22(29-20)33-17-10-5-13-3-1-2-4-14(13)11-17/h1-11H,12H2,(H,30,31)(H3,24,25,26,27,28,29,32). The average Bonchev–Trinajstić information content (AvgIpc) is 2.79. The van der Waals surface area contributed by atoms with Crippen LogP contribution < -0.4 is 20.7 Å². The van der Waals surface area contributed by atoms with E-state index in [4.69, 9.17) is 21.4 Å². The molecule has 1 aromatic heterocycles. The molecule has 0 radical (unpaired) electrons. The molecule has 0 bridgehead atoms. The quantitative estimate of drug-likeness (QED) is 0.311. The summed E-state index contributed by atoms with van der Waals surface area (Å²) in [7, 11) is 0. The fourth-order valence-corrected chi connectivity index (χ4v) is 2.95. The molecule has 0 fully saturated rings. The molecule has 4 aromatic rings. The van der Waals surface area contributed by atoms with Crippen LogP contribution in [0, 0.1) is 0 Å². The molecule has 166 valence electrons. The summed E-state index contributed by atoms with van der Waals surface area (Å²) in [6.07, 6.45) is 0. The molecule has 0 atom stereocenters. The molecule has 0 unspecified atom stereocenters. The zero-order valence-electron chi connectivity index (χ0n) is 16.9. The van der Waals surface area contributed by atoms with E-state index in [1.54, 1.807) is 30.3 Å². The van der Waals surface area contributed by atoms with Gasteiger partial charge in [-0.05, 0) is 47.2 Å². The molecule has 0 saturated heterocycles. The van der Waals surface area contributed by atoms with Crippen molar-refractivity contribution in [3.8, 4) is 11.8 Å². The smallest absolute Gasteiger partial charge is 0.328 e. The van der Waals surface area contributed by atoms with Crippen molar-refractivity contribution in [2.75, 3.05) is 22.5 Å². The van der Waals surface area contributed by atoms with E-state index in [0.29, 0.717) is 16.5 Å². The minimum Gasteiger partial charge on any atom is -0.480 e. The molecule has 0 spiro atoms. The molecule has 10 nitrogen and oxygen atoms in total. The number of hydrogen-bond donors (Lipinski definition) is 4. The van der Waals surface area contributed by atoms with Crippen LogP contribution in [0.3, 0.4) is 0 Å². The van der Waals surface area contributed by atoms with Crippen molar-refractivity contribution >= 4 is 52.0 Å². The van der Waals surface area contributed by atoms with Crippen molar-refractivity contribution in [2.24, 2.45) is 0 Å². The van der Waals surface area contributed by atoms with Crippen molar-refractivity contribution in [1.82, 2.24) is 15.0 Å².